The van der Waals surface area contributed by atoms with Crippen LogP contribution in [0.4, 0.5) is 0 Å². The van der Waals surface area contributed by atoms with Crippen LogP contribution < -0.4 is 5.32 Å². The fraction of sp³-hybridized carbons (Fsp3) is 1.00. The van der Waals surface area contributed by atoms with Gasteiger partial charge in [-0.2, -0.15) is 0 Å². The van der Waals surface area contributed by atoms with Crippen molar-refractivity contribution in [1.82, 2.24) is 15.1 Å². The van der Waals surface area contributed by atoms with Gasteiger partial charge in [0.05, 0.1) is 6.61 Å². The molecule has 2 fully saturated rings. The van der Waals surface area contributed by atoms with E-state index in [0.717, 1.165) is 12.8 Å². The molecule has 21 heavy (non-hydrogen) atoms. The molecule has 1 aliphatic carbocycles. The van der Waals surface area contributed by atoms with Crippen molar-refractivity contribution < 1.29 is 5.11 Å². The van der Waals surface area contributed by atoms with Crippen molar-refractivity contribution in [2.75, 3.05) is 39.3 Å². The van der Waals surface area contributed by atoms with Crippen LogP contribution in [-0.2, 0) is 0 Å². The van der Waals surface area contributed by atoms with E-state index in [4.69, 9.17) is 0 Å². The van der Waals surface area contributed by atoms with Crippen molar-refractivity contribution in [2.45, 2.75) is 70.5 Å². The van der Waals surface area contributed by atoms with Crippen LogP contribution >= 0.6 is 0 Å². The molecule has 0 aromatic heterocycles. The third kappa shape index (κ3) is 4.65. The van der Waals surface area contributed by atoms with Gasteiger partial charge in [0.25, 0.3) is 0 Å². The lowest BCUT2D eigenvalue weighted by Gasteiger charge is -2.47. The molecule has 0 aromatic rings. The van der Waals surface area contributed by atoms with Gasteiger partial charge in [0, 0.05) is 43.8 Å². The van der Waals surface area contributed by atoms with E-state index in [2.05, 4.69) is 35.9 Å². The van der Waals surface area contributed by atoms with Crippen molar-refractivity contribution in [2.24, 2.45) is 0 Å². The molecular weight excluding hydrogens is 262 g/mol. The molecule has 4 nitrogen and oxygen atoms in total. The average Bonchev–Trinajstić information content (AvgIpc) is 2.48. The molecule has 4 heteroatoms. The molecule has 0 aromatic carbocycles. The number of aliphatic hydroxyl groups is 1. The Labute approximate surface area is 130 Å². The van der Waals surface area contributed by atoms with Gasteiger partial charge in [0.1, 0.15) is 0 Å². The molecule has 1 heterocycles. The molecule has 1 aliphatic heterocycles. The molecule has 2 unspecified atom stereocenters. The predicted octanol–water partition coefficient (Wildman–Crippen LogP) is 1.69. The largest absolute Gasteiger partial charge is 0.394 e. The summed E-state index contributed by atoms with van der Waals surface area (Å²) in [4.78, 5) is 5.27. The van der Waals surface area contributed by atoms with E-state index in [9.17, 15) is 5.11 Å². The maximum absolute atomic E-state index is 9.93. The van der Waals surface area contributed by atoms with Crippen LogP contribution in [0.3, 0.4) is 0 Å². The number of rotatable bonds is 6. The van der Waals surface area contributed by atoms with Gasteiger partial charge in [0.15, 0.2) is 0 Å². The Morgan fingerprint density at radius 1 is 1.24 bits per heavy atom. The summed E-state index contributed by atoms with van der Waals surface area (Å²) >= 11 is 0. The maximum Gasteiger partial charge on any atom is 0.0613 e. The standard InChI is InChI=1S/C17H35N3O/c1-4-8-19-9-11-20(12-10-19)16-6-5-7-17(13-16,14-21)18-15(2)3/h15-16,18,21H,4-14H2,1-3H3. The number of piperazine rings is 1. The van der Waals surface area contributed by atoms with Crippen LogP contribution in [0.15, 0.2) is 0 Å². The molecule has 0 radical (unpaired) electrons. The van der Waals surface area contributed by atoms with Crippen molar-refractivity contribution >= 4 is 0 Å². The first-order valence-corrected chi connectivity index (χ1v) is 8.93. The average molecular weight is 297 g/mol. The summed E-state index contributed by atoms with van der Waals surface area (Å²) in [6.45, 7) is 13.0. The molecule has 2 atom stereocenters. The van der Waals surface area contributed by atoms with Crippen LogP contribution in [0.2, 0.25) is 0 Å². The van der Waals surface area contributed by atoms with E-state index in [1.165, 1.54) is 52.0 Å². The highest BCUT2D eigenvalue weighted by molar-refractivity contribution is 4.97. The zero-order valence-electron chi connectivity index (χ0n) is 14.3. The maximum atomic E-state index is 9.93. The Balaban J connectivity index is 1.89. The van der Waals surface area contributed by atoms with Crippen LogP contribution in [0.5, 0.6) is 0 Å². The molecule has 0 amide bonds. The first kappa shape index (κ1) is 17.2. The molecule has 124 valence electrons. The Morgan fingerprint density at radius 3 is 2.52 bits per heavy atom. The summed E-state index contributed by atoms with van der Waals surface area (Å²) in [5.41, 5.74) is -0.0440. The van der Waals surface area contributed by atoms with Gasteiger partial charge in [-0.3, -0.25) is 4.90 Å². The van der Waals surface area contributed by atoms with Crippen molar-refractivity contribution in [1.29, 1.82) is 0 Å². The highest BCUT2D eigenvalue weighted by Gasteiger charge is 2.38. The third-order valence-corrected chi connectivity index (χ3v) is 5.18. The molecule has 1 saturated heterocycles. The van der Waals surface area contributed by atoms with Gasteiger partial charge < -0.3 is 15.3 Å². The summed E-state index contributed by atoms with van der Waals surface area (Å²) < 4.78 is 0. The quantitative estimate of drug-likeness (QED) is 0.782. The van der Waals surface area contributed by atoms with Gasteiger partial charge in [-0.1, -0.05) is 20.8 Å². The normalized spacial score (nSPS) is 32.7. The van der Waals surface area contributed by atoms with E-state index in [1.807, 2.05) is 0 Å². The second-order valence-electron chi connectivity index (χ2n) is 7.37. The minimum Gasteiger partial charge on any atom is -0.394 e. The Kier molecular flexibility index (Phi) is 6.48. The zero-order chi connectivity index (χ0) is 15.3. The van der Waals surface area contributed by atoms with Gasteiger partial charge in [0.2, 0.25) is 0 Å². The summed E-state index contributed by atoms with van der Waals surface area (Å²) in [5, 5.41) is 13.6. The van der Waals surface area contributed by atoms with E-state index < -0.39 is 0 Å². The molecular formula is C17H35N3O. The third-order valence-electron chi connectivity index (χ3n) is 5.18. The monoisotopic (exact) mass is 297 g/mol. The molecule has 2 aliphatic rings. The van der Waals surface area contributed by atoms with E-state index in [1.54, 1.807) is 0 Å². The fourth-order valence-electron chi connectivity index (χ4n) is 4.24. The molecule has 2 N–H and O–H groups in total. The zero-order valence-corrected chi connectivity index (χ0v) is 14.3. The highest BCUT2D eigenvalue weighted by atomic mass is 16.3. The molecule has 2 rings (SSSR count). The summed E-state index contributed by atoms with van der Waals surface area (Å²) in [6.07, 6.45) is 6.02. The first-order valence-electron chi connectivity index (χ1n) is 8.93. The fourth-order valence-corrected chi connectivity index (χ4v) is 4.24. The second-order valence-corrected chi connectivity index (χ2v) is 7.37. The molecule has 0 bridgehead atoms. The number of nitrogens with one attached hydrogen (secondary N) is 1. The number of aliphatic hydroxyl groups excluding tert-OH is 1. The SMILES string of the molecule is CCCN1CCN(C2CCCC(CO)(NC(C)C)C2)CC1. The van der Waals surface area contributed by atoms with E-state index in [-0.39, 0.29) is 12.1 Å². The van der Waals surface area contributed by atoms with E-state index >= 15 is 0 Å². The topological polar surface area (TPSA) is 38.7 Å². The highest BCUT2D eigenvalue weighted by Crippen LogP contribution is 2.32. The Morgan fingerprint density at radius 2 is 1.95 bits per heavy atom. The first-order chi connectivity index (χ1) is 10.1. The van der Waals surface area contributed by atoms with Crippen LogP contribution in [0, 0.1) is 0 Å². The van der Waals surface area contributed by atoms with Crippen LogP contribution in [-0.4, -0.2) is 71.9 Å². The Hall–Kier alpha value is -0.160. The van der Waals surface area contributed by atoms with E-state index in [0.29, 0.717) is 12.1 Å². The second kappa shape index (κ2) is 7.91. The lowest BCUT2D eigenvalue weighted by molar-refractivity contribution is 0.0294. The van der Waals surface area contributed by atoms with Crippen molar-refractivity contribution in [3.05, 3.63) is 0 Å². The number of hydrogen-bond donors (Lipinski definition) is 2. The summed E-state index contributed by atoms with van der Waals surface area (Å²) in [5.74, 6) is 0. The lowest BCUT2D eigenvalue weighted by atomic mass is 9.78. The molecule has 0 spiro atoms. The van der Waals surface area contributed by atoms with Crippen LogP contribution in [0.25, 0.3) is 0 Å². The van der Waals surface area contributed by atoms with Gasteiger partial charge in [-0.05, 0) is 38.6 Å². The summed E-state index contributed by atoms with van der Waals surface area (Å²) in [7, 11) is 0. The minimum absolute atomic E-state index is 0.0440. The number of hydrogen-bond acceptors (Lipinski definition) is 4. The van der Waals surface area contributed by atoms with Crippen molar-refractivity contribution in [3.8, 4) is 0 Å². The van der Waals surface area contributed by atoms with Gasteiger partial charge >= 0.3 is 0 Å². The van der Waals surface area contributed by atoms with Gasteiger partial charge in [-0.25, -0.2) is 0 Å². The van der Waals surface area contributed by atoms with Gasteiger partial charge in [-0.15, -0.1) is 0 Å². The summed E-state index contributed by atoms with van der Waals surface area (Å²) in [6, 6.07) is 1.10. The lowest BCUT2D eigenvalue weighted by Crippen LogP contribution is -2.59. The Bertz CT molecular complexity index is 302. The van der Waals surface area contributed by atoms with Crippen LogP contribution in [0.1, 0.15) is 52.9 Å². The molecule has 1 saturated carbocycles. The smallest absolute Gasteiger partial charge is 0.0613 e. The minimum atomic E-state index is -0.0440. The predicted molar refractivity (Wildman–Crippen MR) is 88.6 cm³/mol. The number of nitrogens with zero attached hydrogens (tertiary/aromatic N) is 2. The van der Waals surface area contributed by atoms with Crippen molar-refractivity contribution in [3.63, 3.8) is 0 Å².